The van der Waals surface area contributed by atoms with Crippen LogP contribution >= 0.6 is 0 Å². The molecule has 3 nitrogen and oxygen atoms in total. The predicted molar refractivity (Wildman–Crippen MR) is 68.6 cm³/mol. The Kier molecular flexibility index (Phi) is 6.32. The molecule has 3 heteroatoms. The summed E-state index contributed by atoms with van der Waals surface area (Å²) < 4.78 is 0. The fraction of sp³-hybridized carbons (Fsp3) is 1.00. The van der Waals surface area contributed by atoms with Gasteiger partial charge in [0.15, 0.2) is 0 Å². The van der Waals surface area contributed by atoms with Gasteiger partial charge in [0.2, 0.25) is 0 Å². The minimum absolute atomic E-state index is 0.303. The Hall–Kier alpha value is -0.120. The monoisotopic (exact) mass is 228 g/mol. The zero-order valence-electron chi connectivity index (χ0n) is 11.1. The number of nitrogens with zero attached hydrogens (tertiary/aromatic N) is 1. The average molecular weight is 228 g/mol. The van der Waals surface area contributed by atoms with Gasteiger partial charge in [0.1, 0.15) is 0 Å². The summed E-state index contributed by atoms with van der Waals surface area (Å²) in [5.74, 6) is 0.400. The van der Waals surface area contributed by atoms with Crippen LogP contribution in [0.1, 0.15) is 39.5 Å². The van der Waals surface area contributed by atoms with Crippen LogP contribution in [0.15, 0.2) is 0 Å². The molecule has 1 unspecified atom stereocenters. The molecular weight excluding hydrogens is 200 g/mol. The zero-order valence-corrected chi connectivity index (χ0v) is 11.1. The lowest BCUT2D eigenvalue weighted by atomic mass is 9.90. The van der Waals surface area contributed by atoms with E-state index in [1.54, 1.807) is 0 Å². The van der Waals surface area contributed by atoms with Crippen LogP contribution in [0.2, 0.25) is 0 Å². The van der Waals surface area contributed by atoms with Gasteiger partial charge in [-0.1, -0.05) is 13.8 Å². The number of nitrogens with one attached hydrogen (secondary N) is 1. The highest BCUT2D eigenvalue weighted by Gasteiger charge is 2.23. The zero-order chi connectivity index (χ0) is 12.0. The quantitative estimate of drug-likeness (QED) is 0.722. The number of rotatable bonds is 6. The van der Waals surface area contributed by atoms with Crippen molar-refractivity contribution >= 4 is 0 Å². The first-order valence-electron chi connectivity index (χ1n) is 6.71. The van der Waals surface area contributed by atoms with E-state index in [1.807, 2.05) is 0 Å². The van der Waals surface area contributed by atoms with Crippen LogP contribution in [0.4, 0.5) is 0 Å². The Labute approximate surface area is 100 Å². The van der Waals surface area contributed by atoms with E-state index in [1.165, 1.54) is 25.7 Å². The first-order chi connectivity index (χ1) is 7.67. The van der Waals surface area contributed by atoms with E-state index in [4.69, 9.17) is 5.11 Å². The SMILES string of the molecule is CCNC1CCC(N(C)CC(C)CO)CC1. The lowest BCUT2D eigenvalue weighted by Crippen LogP contribution is -2.42. The largest absolute Gasteiger partial charge is 0.396 e. The van der Waals surface area contributed by atoms with Crippen LogP contribution in [0.5, 0.6) is 0 Å². The Balaban J connectivity index is 2.24. The summed E-state index contributed by atoms with van der Waals surface area (Å²) in [5, 5.41) is 12.6. The molecule has 0 bridgehead atoms. The van der Waals surface area contributed by atoms with Gasteiger partial charge in [-0.15, -0.1) is 0 Å². The van der Waals surface area contributed by atoms with Gasteiger partial charge in [0.05, 0.1) is 0 Å². The van der Waals surface area contributed by atoms with Crippen molar-refractivity contribution in [2.24, 2.45) is 5.92 Å². The molecular formula is C13H28N2O. The van der Waals surface area contributed by atoms with E-state index >= 15 is 0 Å². The Morgan fingerprint density at radius 3 is 2.44 bits per heavy atom. The molecule has 96 valence electrons. The molecule has 0 spiro atoms. The van der Waals surface area contributed by atoms with E-state index in [2.05, 4.69) is 31.1 Å². The van der Waals surface area contributed by atoms with E-state index in [-0.39, 0.29) is 0 Å². The van der Waals surface area contributed by atoms with Crippen LogP contribution < -0.4 is 5.32 Å². The number of aliphatic hydroxyl groups excluding tert-OH is 1. The van der Waals surface area contributed by atoms with Crippen LogP contribution in [-0.2, 0) is 0 Å². The summed E-state index contributed by atoms with van der Waals surface area (Å²) in [6, 6.07) is 1.47. The van der Waals surface area contributed by atoms with Crippen LogP contribution in [0, 0.1) is 5.92 Å². The lowest BCUT2D eigenvalue weighted by Gasteiger charge is -2.35. The first kappa shape index (κ1) is 13.9. The highest BCUT2D eigenvalue weighted by atomic mass is 16.3. The Morgan fingerprint density at radius 2 is 1.94 bits per heavy atom. The van der Waals surface area contributed by atoms with Crippen molar-refractivity contribution in [3.8, 4) is 0 Å². The molecule has 2 N–H and O–H groups in total. The fourth-order valence-electron chi connectivity index (χ4n) is 2.71. The molecule has 0 heterocycles. The van der Waals surface area contributed by atoms with Gasteiger partial charge >= 0.3 is 0 Å². The number of aliphatic hydroxyl groups is 1. The minimum atomic E-state index is 0.303. The number of hydrogen-bond donors (Lipinski definition) is 2. The first-order valence-corrected chi connectivity index (χ1v) is 6.71. The molecule has 1 atom stereocenters. The molecule has 16 heavy (non-hydrogen) atoms. The van der Waals surface area contributed by atoms with E-state index in [9.17, 15) is 0 Å². The molecule has 0 amide bonds. The molecule has 1 aliphatic rings. The Bertz CT molecular complexity index is 179. The third-order valence-corrected chi connectivity index (χ3v) is 3.72. The molecule has 0 radical (unpaired) electrons. The minimum Gasteiger partial charge on any atom is -0.396 e. The molecule has 0 aromatic rings. The van der Waals surface area contributed by atoms with E-state index in [0.717, 1.165) is 25.2 Å². The predicted octanol–water partition coefficient (Wildman–Crippen LogP) is 1.47. The molecule has 1 rings (SSSR count). The van der Waals surface area contributed by atoms with E-state index < -0.39 is 0 Å². The van der Waals surface area contributed by atoms with Crippen molar-refractivity contribution in [2.45, 2.75) is 51.6 Å². The maximum atomic E-state index is 9.06. The van der Waals surface area contributed by atoms with Crippen LogP contribution in [-0.4, -0.2) is 48.8 Å². The molecule has 1 saturated carbocycles. The normalized spacial score (nSPS) is 28.3. The summed E-state index contributed by atoms with van der Waals surface area (Å²) in [5.41, 5.74) is 0. The van der Waals surface area contributed by atoms with Gasteiger partial charge in [-0.2, -0.15) is 0 Å². The maximum Gasteiger partial charge on any atom is 0.0468 e. The van der Waals surface area contributed by atoms with Crippen molar-refractivity contribution < 1.29 is 5.11 Å². The van der Waals surface area contributed by atoms with Crippen molar-refractivity contribution in [3.63, 3.8) is 0 Å². The van der Waals surface area contributed by atoms with Crippen LogP contribution in [0.25, 0.3) is 0 Å². The molecule has 1 fully saturated rings. The van der Waals surface area contributed by atoms with E-state index in [0.29, 0.717) is 12.5 Å². The summed E-state index contributed by atoms with van der Waals surface area (Å²) in [7, 11) is 2.20. The maximum absolute atomic E-state index is 9.06. The smallest absolute Gasteiger partial charge is 0.0468 e. The standard InChI is InChI=1S/C13H28N2O/c1-4-14-12-5-7-13(8-6-12)15(3)9-11(2)10-16/h11-14,16H,4-10H2,1-3H3. The molecule has 1 aliphatic carbocycles. The molecule has 0 aromatic heterocycles. The van der Waals surface area contributed by atoms with Crippen molar-refractivity contribution in [2.75, 3.05) is 26.7 Å². The second-order valence-corrected chi connectivity index (χ2v) is 5.29. The highest BCUT2D eigenvalue weighted by Crippen LogP contribution is 2.22. The second-order valence-electron chi connectivity index (χ2n) is 5.29. The molecule has 0 aromatic carbocycles. The van der Waals surface area contributed by atoms with Crippen molar-refractivity contribution in [1.29, 1.82) is 0 Å². The van der Waals surface area contributed by atoms with Crippen molar-refractivity contribution in [1.82, 2.24) is 10.2 Å². The Morgan fingerprint density at radius 1 is 1.31 bits per heavy atom. The second kappa shape index (κ2) is 7.25. The topological polar surface area (TPSA) is 35.5 Å². The summed E-state index contributed by atoms with van der Waals surface area (Å²) in [6.45, 7) is 6.71. The summed E-state index contributed by atoms with van der Waals surface area (Å²) >= 11 is 0. The van der Waals surface area contributed by atoms with Crippen molar-refractivity contribution in [3.05, 3.63) is 0 Å². The third kappa shape index (κ3) is 4.40. The summed E-state index contributed by atoms with van der Waals surface area (Å²) in [4.78, 5) is 2.43. The highest BCUT2D eigenvalue weighted by molar-refractivity contribution is 4.81. The van der Waals surface area contributed by atoms with Gasteiger partial charge in [-0.25, -0.2) is 0 Å². The molecule has 0 saturated heterocycles. The average Bonchev–Trinajstić information content (AvgIpc) is 2.30. The van der Waals surface area contributed by atoms with Gasteiger partial charge in [0.25, 0.3) is 0 Å². The summed E-state index contributed by atoms with van der Waals surface area (Å²) in [6.07, 6.45) is 5.20. The van der Waals surface area contributed by atoms with Gasteiger partial charge < -0.3 is 15.3 Å². The fourth-order valence-corrected chi connectivity index (χ4v) is 2.71. The molecule has 0 aliphatic heterocycles. The van der Waals surface area contributed by atoms with Gasteiger partial charge in [-0.05, 0) is 45.2 Å². The third-order valence-electron chi connectivity index (χ3n) is 3.72. The number of hydrogen-bond acceptors (Lipinski definition) is 3. The van der Waals surface area contributed by atoms with Crippen LogP contribution in [0.3, 0.4) is 0 Å². The van der Waals surface area contributed by atoms with Gasteiger partial charge in [-0.3, -0.25) is 0 Å². The van der Waals surface area contributed by atoms with Gasteiger partial charge in [0, 0.05) is 25.2 Å². The lowest BCUT2D eigenvalue weighted by molar-refractivity contribution is 0.131.